The molecule has 6 heteroatoms. The Morgan fingerprint density at radius 2 is 1.78 bits per heavy atom. The summed E-state index contributed by atoms with van der Waals surface area (Å²) >= 11 is 0. The summed E-state index contributed by atoms with van der Waals surface area (Å²) in [6.07, 6.45) is -5.17. The molecule has 0 spiro atoms. The average molecular weight is 259 g/mol. The molecule has 0 aliphatic rings. The van der Waals surface area contributed by atoms with E-state index in [9.17, 15) is 13.2 Å². The van der Waals surface area contributed by atoms with Crippen LogP contribution in [0.1, 0.15) is 17.5 Å². The van der Waals surface area contributed by atoms with E-state index in [1.165, 1.54) is 0 Å². The van der Waals surface area contributed by atoms with E-state index in [1.54, 1.807) is 0 Å². The SMILES string of the molecule is Cc1cc(C)cc(NC(N)=NCCC(F)(F)F)c1. The third kappa shape index (κ3) is 5.56. The highest BCUT2D eigenvalue weighted by Crippen LogP contribution is 2.19. The number of hydrogen-bond acceptors (Lipinski definition) is 1. The molecule has 0 aliphatic carbocycles. The predicted molar refractivity (Wildman–Crippen MR) is 66.7 cm³/mol. The molecule has 0 bridgehead atoms. The lowest BCUT2D eigenvalue weighted by atomic mass is 10.1. The number of guanidine groups is 1. The van der Waals surface area contributed by atoms with Crippen LogP contribution >= 0.6 is 0 Å². The Morgan fingerprint density at radius 3 is 2.28 bits per heavy atom. The fraction of sp³-hybridized carbons (Fsp3) is 0.417. The molecular weight excluding hydrogens is 243 g/mol. The summed E-state index contributed by atoms with van der Waals surface area (Å²) < 4.78 is 35.7. The zero-order valence-corrected chi connectivity index (χ0v) is 10.3. The molecule has 1 aromatic carbocycles. The van der Waals surface area contributed by atoms with Crippen molar-refractivity contribution in [3.05, 3.63) is 29.3 Å². The largest absolute Gasteiger partial charge is 0.390 e. The van der Waals surface area contributed by atoms with E-state index < -0.39 is 12.6 Å². The molecule has 0 fully saturated rings. The molecule has 0 radical (unpaired) electrons. The van der Waals surface area contributed by atoms with Crippen LogP contribution in [0.25, 0.3) is 0 Å². The summed E-state index contributed by atoms with van der Waals surface area (Å²) in [5.74, 6) is -0.00995. The molecule has 18 heavy (non-hydrogen) atoms. The number of nitrogens with zero attached hydrogens (tertiary/aromatic N) is 1. The summed E-state index contributed by atoms with van der Waals surface area (Å²) in [6.45, 7) is 3.48. The second-order valence-electron chi connectivity index (χ2n) is 4.13. The van der Waals surface area contributed by atoms with Crippen molar-refractivity contribution in [1.29, 1.82) is 0 Å². The van der Waals surface area contributed by atoms with Gasteiger partial charge in [0.2, 0.25) is 0 Å². The lowest BCUT2D eigenvalue weighted by molar-refractivity contribution is -0.132. The number of rotatable bonds is 3. The number of hydrogen-bond donors (Lipinski definition) is 2. The summed E-state index contributed by atoms with van der Waals surface area (Å²) in [5, 5.41) is 2.77. The van der Waals surface area contributed by atoms with Crippen LogP contribution in [0.3, 0.4) is 0 Å². The van der Waals surface area contributed by atoms with Crippen molar-refractivity contribution in [2.75, 3.05) is 11.9 Å². The van der Waals surface area contributed by atoms with Crippen LogP contribution in [0.15, 0.2) is 23.2 Å². The molecular formula is C12H16F3N3. The number of nitrogens with one attached hydrogen (secondary N) is 1. The van der Waals surface area contributed by atoms with Crippen LogP contribution in [-0.4, -0.2) is 18.7 Å². The maximum Gasteiger partial charge on any atom is 0.390 e. The van der Waals surface area contributed by atoms with Crippen LogP contribution in [0.2, 0.25) is 0 Å². The molecule has 0 aromatic heterocycles. The van der Waals surface area contributed by atoms with Gasteiger partial charge in [0.1, 0.15) is 0 Å². The van der Waals surface area contributed by atoms with E-state index in [0.717, 1.165) is 16.8 Å². The Balaban J connectivity index is 2.58. The second kappa shape index (κ2) is 5.75. The number of anilines is 1. The number of benzene rings is 1. The van der Waals surface area contributed by atoms with Crippen molar-refractivity contribution in [1.82, 2.24) is 0 Å². The fourth-order valence-corrected chi connectivity index (χ4v) is 1.54. The summed E-state index contributed by atoms with van der Waals surface area (Å²) in [7, 11) is 0. The van der Waals surface area contributed by atoms with Gasteiger partial charge in [-0.15, -0.1) is 0 Å². The van der Waals surface area contributed by atoms with Gasteiger partial charge in [0, 0.05) is 5.69 Å². The van der Waals surface area contributed by atoms with Gasteiger partial charge in [-0.05, 0) is 37.1 Å². The molecule has 0 unspecified atom stereocenters. The fourth-order valence-electron chi connectivity index (χ4n) is 1.54. The zero-order valence-electron chi connectivity index (χ0n) is 10.3. The number of nitrogens with two attached hydrogens (primary N) is 1. The van der Waals surface area contributed by atoms with E-state index in [0.29, 0.717) is 0 Å². The van der Waals surface area contributed by atoms with Gasteiger partial charge in [-0.3, -0.25) is 4.99 Å². The number of aliphatic imine (C=N–C) groups is 1. The van der Waals surface area contributed by atoms with Gasteiger partial charge < -0.3 is 11.1 Å². The highest BCUT2D eigenvalue weighted by Gasteiger charge is 2.26. The maximum absolute atomic E-state index is 11.9. The third-order valence-electron chi connectivity index (χ3n) is 2.17. The van der Waals surface area contributed by atoms with Crippen molar-refractivity contribution in [3.8, 4) is 0 Å². The van der Waals surface area contributed by atoms with Gasteiger partial charge in [0.15, 0.2) is 5.96 Å². The molecule has 100 valence electrons. The molecule has 0 heterocycles. The number of halogens is 3. The first kappa shape index (κ1) is 14.3. The maximum atomic E-state index is 11.9. The molecule has 1 rings (SSSR count). The first-order valence-corrected chi connectivity index (χ1v) is 5.48. The van der Waals surface area contributed by atoms with Crippen molar-refractivity contribution in [2.45, 2.75) is 26.4 Å². The molecule has 0 amide bonds. The Labute approximate surface area is 104 Å². The topological polar surface area (TPSA) is 50.4 Å². The Kier molecular flexibility index (Phi) is 4.58. The highest BCUT2D eigenvalue weighted by molar-refractivity contribution is 5.92. The Morgan fingerprint density at radius 1 is 1.22 bits per heavy atom. The first-order valence-electron chi connectivity index (χ1n) is 5.48. The molecule has 0 saturated heterocycles. The van der Waals surface area contributed by atoms with E-state index in [1.807, 2.05) is 32.0 Å². The minimum atomic E-state index is -4.20. The minimum absolute atomic E-state index is 0.00995. The van der Waals surface area contributed by atoms with Crippen molar-refractivity contribution >= 4 is 11.6 Å². The predicted octanol–water partition coefficient (Wildman–Crippen LogP) is 2.98. The van der Waals surface area contributed by atoms with E-state index in [4.69, 9.17) is 5.73 Å². The van der Waals surface area contributed by atoms with Crippen molar-refractivity contribution < 1.29 is 13.2 Å². The molecule has 1 aromatic rings. The third-order valence-corrected chi connectivity index (χ3v) is 2.17. The molecule has 0 atom stereocenters. The molecule has 0 saturated carbocycles. The van der Waals surface area contributed by atoms with Crippen LogP contribution in [0.4, 0.5) is 18.9 Å². The van der Waals surface area contributed by atoms with Crippen LogP contribution in [0, 0.1) is 13.8 Å². The first-order chi connectivity index (χ1) is 8.26. The molecule has 3 N–H and O–H groups in total. The molecule has 3 nitrogen and oxygen atoms in total. The monoisotopic (exact) mass is 259 g/mol. The summed E-state index contributed by atoms with van der Waals surface area (Å²) in [5.41, 5.74) is 8.31. The van der Waals surface area contributed by atoms with Crippen LogP contribution in [-0.2, 0) is 0 Å². The summed E-state index contributed by atoms with van der Waals surface area (Å²) in [6, 6.07) is 5.68. The lowest BCUT2D eigenvalue weighted by Gasteiger charge is -2.08. The van der Waals surface area contributed by atoms with E-state index in [-0.39, 0.29) is 12.5 Å². The second-order valence-corrected chi connectivity index (χ2v) is 4.13. The van der Waals surface area contributed by atoms with E-state index in [2.05, 4.69) is 10.3 Å². The Hall–Kier alpha value is -1.72. The molecule has 0 aliphatic heterocycles. The number of alkyl halides is 3. The minimum Gasteiger partial charge on any atom is -0.370 e. The van der Waals surface area contributed by atoms with Crippen molar-refractivity contribution in [3.63, 3.8) is 0 Å². The van der Waals surface area contributed by atoms with Gasteiger partial charge in [0.05, 0.1) is 13.0 Å². The van der Waals surface area contributed by atoms with Crippen LogP contribution < -0.4 is 11.1 Å². The normalized spacial score (nSPS) is 12.6. The van der Waals surface area contributed by atoms with Gasteiger partial charge in [-0.2, -0.15) is 13.2 Å². The smallest absolute Gasteiger partial charge is 0.370 e. The lowest BCUT2D eigenvalue weighted by Crippen LogP contribution is -2.23. The summed E-state index contributed by atoms with van der Waals surface area (Å²) in [4.78, 5) is 3.63. The Bertz CT molecular complexity index is 418. The quantitative estimate of drug-likeness (QED) is 0.647. The highest BCUT2D eigenvalue weighted by atomic mass is 19.4. The average Bonchev–Trinajstić information content (AvgIpc) is 2.12. The van der Waals surface area contributed by atoms with Crippen molar-refractivity contribution in [2.24, 2.45) is 10.7 Å². The number of aryl methyl sites for hydroxylation is 2. The van der Waals surface area contributed by atoms with Crippen LogP contribution in [0.5, 0.6) is 0 Å². The standard InChI is InChI=1S/C12H16F3N3/c1-8-5-9(2)7-10(6-8)18-11(16)17-4-3-12(13,14)15/h5-7H,3-4H2,1-2H3,(H3,16,17,18). The van der Waals surface area contributed by atoms with Gasteiger partial charge in [-0.1, -0.05) is 6.07 Å². The van der Waals surface area contributed by atoms with Gasteiger partial charge in [-0.25, -0.2) is 0 Å². The van der Waals surface area contributed by atoms with Gasteiger partial charge in [0.25, 0.3) is 0 Å². The van der Waals surface area contributed by atoms with Gasteiger partial charge >= 0.3 is 6.18 Å². The zero-order chi connectivity index (χ0) is 13.8. The van der Waals surface area contributed by atoms with E-state index >= 15 is 0 Å².